The summed E-state index contributed by atoms with van der Waals surface area (Å²) in [7, 11) is 0. The molecule has 1 saturated heterocycles. The van der Waals surface area contributed by atoms with E-state index >= 15 is 0 Å². The van der Waals surface area contributed by atoms with Crippen LogP contribution in [0.2, 0.25) is 5.02 Å². The van der Waals surface area contributed by atoms with E-state index in [0.717, 1.165) is 25.2 Å². The third kappa shape index (κ3) is 4.87. The quantitative estimate of drug-likeness (QED) is 0.410. The van der Waals surface area contributed by atoms with E-state index in [1.165, 1.54) is 12.1 Å². The number of nitrogens with one attached hydrogen (secondary N) is 3. The maximum absolute atomic E-state index is 12.3. The lowest BCUT2D eigenvalue weighted by molar-refractivity contribution is -0.384. The molecule has 3 N–H and O–H groups in total. The van der Waals surface area contributed by atoms with Crippen LogP contribution in [0.25, 0.3) is 0 Å². The molecule has 0 radical (unpaired) electrons. The number of benzene rings is 1. The van der Waals surface area contributed by atoms with Crippen molar-refractivity contribution in [3.63, 3.8) is 0 Å². The van der Waals surface area contributed by atoms with Gasteiger partial charge in [-0.15, -0.1) is 0 Å². The summed E-state index contributed by atoms with van der Waals surface area (Å²) < 4.78 is 5.46. The fourth-order valence-electron chi connectivity index (χ4n) is 2.77. The van der Waals surface area contributed by atoms with Crippen LogP contribution < -0.4 is 16.2 Å². The molecule has 1 atom stereocenters. The van der Waals surface area contributed by atoms with Gasteiger partial charge in [0.1, 0.15) is 11.3 Å². The number of amides is 1. The van der Waals surface area contributed by atoms with Crippen molar-refractivity contribution in [2.45, 2.75) is 18.9 Å². The lowest BCUT2D eigenvalue weighted by Crippen LogP contribution is -2.30. The van der Waals surface area contributed by atoms with Crippen molar-refractivity contribution in [2.75, 3.05) is 23.9 Å². The Bertz CT molecular complexity index is 983. The lowest BCUT2D eigenvalue weighted by atomic mass is 10.2. The minimum Gasteiger partial charge on any atom is -0.376 e. The number of carbonyl (C=O) groups is 1. The molecular weight excluding hydrogens is 422 g/mol. The van der Waals surface area contributed by atoms with Crippen molar-refractivity contribution < 1.29 is 19.4 Å². The predicted molar refractivity (Wildman–Crippen MR) is 105 cm³/mol. The average Bonchev–Trinajstić information content (AvgIpc) is 3.24. The summed E-state index contributed by atoms with van der Waals surface area (Å²) in [5.74, 6) is -1.08. The lowest BCUT2D eigenvalue weighted by Gasteiger charge is -2.13. The number of hydrazine groups is 1. The smallest absolute Gasteiger partial charge is 0.354 e. The van der Waals surface area contributed by atoms with Gasteiger partial charge in [-0.25, -0.2) is 9.97 Å². The first-order valence-corrected chi connectivity index (χ1v) is 9.09. The highest BCUT2D eigenvalue weighted by Gasteiger charge is 2.25. The highest BCUT2D eigenvalue weighted by Crippen LogP contribution is 2.29. The SMILES string of the molecule is O=C(NNc1ncnc(NCC2CCCO2)c1[N+](=O)[O-])c1ccc(Cl)c([N+](=O)[O-])c1. The number of rotatable bonds is 8. The molecule has 13 nitrogen and oxygen atoms in total. The number of ether oxygens (including phenoxy) is 1. The van der Waals surface area contributed by atoms with Crippen LogP contribution in [-0.4, -0.2) is 45.0 Å². The van der Waals surface area contributed by atoms with Gasteiger partial charge in [0.15, 0.2) is 0 Å². The van der Waals surface area contributed by atoms with Crippen LogP contribution in [0.1, 0.15) is 23.2 Å². The molecule has 3 rings (SSSR count). The number of carbonyl (C=O) groups excluding carboxylic acids is 1. The van der Waals surface area contributed by atoms with E-state index in [1.54, 1.807) is 0 Å². The molecule has 2 aromatic rings. The maximum Gasteiger partial charge on any atom is 0.354 e. The zero-order chi connectivity index (χ0) is 21.7. The first-order valence-electron chi connectivity index (χ1n) is 8.72. The molecule has 0 bridgehead atoms. The summed E-state index contributed by atoms with van der Waals surface area (Å²) in [6.07, 6.45) is 2.77. The first-order chi connectivity index (χ1) is 14.4. The number of aromatic nitrogens is 2. The van der Waals surface area contributed by atoms with Crippen molar-refractivity contribution >= 4 is 40.5 Å². The van der Waals surface area contributed by atoms with E-state index in [0.29, 0.717) is 13.2 Å². The number of hydrogen-bond donors (Lipinski definition) is 3. The van der Waals surface area contributed by atoms with E-state index in [4.69, 9.17) is 16.3 Å². The number of halogens is 1. The zero-order valence-electron chi connectivity index (χ0n) is 15.3. The standard InChI is InChI=1S/C16H16ClN7O6/c17-11-4-3-9(6-12(11)23(26)27)16(25)22-21-15-13(24(28)29)14(19-8-20-15)18-7-10-2-1-5-30-10/h3-4,6,8,10H,1-2,5,7H2,(H,22,25)(H2,18,19,20,21). The fourth-order valence-corrected chi connectivity index (χ4v) is 2.96. The summed E-state index contributed by atoms with van der Waals surface area (Å²) >= 11 is 5.72. The van der Waals surface area contributed by atoms with Crippen molar-refractivity contribution in [3.8, 4) is 0 Å². The largest absolute Gasteiger partial charge is 0.376 e. The average molecular weight is 438 g/mol. The zero-order valence-corrected chi connectivity index (χ0v) is 16.1. The molecule has 158 valence electrons. The van der Waals surface area contributed by atoms with E-state index in [-0.39, 0.29) is 28.3 Å². The molecule has 1 amide bonds. The summed E-state index contributed by atoms with van der Waals surface area (Å²) in [5, 5.41) is 25.2. The highest BCUT2D eigenvalue weighted by atomic mass is 35.5. The van der Waals surface area contributed by atoms with E-state index in [9.17, 15) is 25.0 Å². The minimum atomic E-state index is -0.781. The van der Waals surface area contributed by atoms with Gasteiger partial charge in [-0.2, -0.15) is 0 Å². The predicted octanol–water partition coefficient (Wildman–Crippen LogP) is 2.29. The third-order valence-electron chi connectivity index (χ3n) is 4.23. The second-order valence-electron chi connectivity index (χ2n) is 6.19. The molecular formula is C16H16ClN7O6. The molecule has 1 aromatic carbocycles. The second-order valence-corrected chi connectivity index (χ2v) is 6.60. The summed E-state index contributed by atoms with van der Waals surface area (Å²) in [6.45, 7) is 0.970. The molecule has 1 unspecified atom stereocenters. The third-order valence-corrected chi connectivity index (χ3v) is 4.55. The van der Waals surface area contributed by atoms with Crippen molar-refractivity contribution in [2.24, 2.45) is 0 Å². The van der Waals surface area contributed by atoms with Crippen LogP contribution in [0.5, 0.6) is 0 Å². The fraction of sp³-hybridized carbons (Fsp3) is 0.312. The van der Waals surface area contributed by atoms with Crippen molar-refractivity contribution in [1.82, 2.24) is 15.4 Å². The monoisotopic (exact) mass is 437 g/mol. The van der Waals surface area contributed by atoms with Crippen LogP contribution in [0, 0.1) is 20.2 Å². The molecule has 1 fully saturated rings. The van der Waals surface area contributed by atoms with Gasteiger partial charge in [-0.3, -0.25) is 35.9 Å². The molecule has 1 aromatic heterocycles. The van der Waals surface area contributed by atoms with Gasteiger partial charge in [0.05, 0.1) is 16.0 Å². The Kier molecular flexibility index (Phi) is 6.54. The van der Waals surface area contributed by atoms with Crippen LogP contribution in [-0.2, 0) is 4.74 Å². The van der Waals surface area contributed by atoms with Crippen LogP contribution in [0.15, 0.2) is 24.5 Å². The molecule has 2 heterocycles. The minimum absolute atomic E-state index is 0.0376. The van der Waals surface area contributed by atoms with Gasteiger partial charge in [0.2, 0.25) is 11.6 Å². The van der Waals surface area contributed by atoms with Gasteiger partial charge in [0.25, 0.3) is 11.6 Å². The van der Waals surface area contributed by atoms with Crippen LogP contribution >= 0.6 is 11.6 Å². The summed E-state index contributed by atoms with van der Waals surface area (Å²) in [5.41, 5.74) is 3.58. The second kappa shape index (κ2) is 9.28. The summed E-state index contributed by atoms with van der Waals surface area (Å²) in [4.78, 5) is 41.0. The van der Waals surface area contributed by atoms with E-state index in [2.05, 4.69) is 26.1 Å². The van der Waals surface area contributed by atoms with Gasteiger partial charge in [0, 0.05) is 24.8 Å². The number of hydrogen-bond acceptors (Lipinski definition) is 10. The van der Waals surface area contributed by atoms with Crippen molar-refractivity contribution in [3.05, 3.63) is 55.3 Å². The Balaban J connectivity index is 1.73. The molecule has 0 spiro atoms. The molecule has 0 saturated carbocycles. The molecule has 14 heteroatoms. The normalized spacial score (nSPS) is 15.4. The van der Waals surface area contributed by atoms with Crippen molar-refractivity contribution in [1.29, 1.82) is 0 Å². The molecule has 1 aliphatic heterocycles. The van der Waals surface area contributed by atoms with Gasteiger partial charge >= 0.3 is 5.69 Å². The van der Waals surface area contributed by atoms with Gasteiger partial charge in [-0.05, 0) is 25.0 Å². The molecule has 30 heavy (non-hydrogen) atoms. The Hall–Kier alpha value is -3.58. The number of anilines is 2. The van der Waals surface area contributed by atoms with Gasteiger partial charge < -0.3 is 10.1 Å². The number of nitrogens with zero attached hydrogens (tertiary/aromatic N) is 4. The van der Waals surface area contributed by atoms with E-state index in [1.807, 2.05) is 0 Å². The summed E-state index contributed by atoms with van der Waals surface area (Å²) in [6, 6.07) is 3.46. The molecule has 0 aliphatic carbocycles. The highest BCUT2D eigenvalue weighted by molar-refractivity contribution is 6.32. The van der Waals surface area contributed by atoms with Gasteiger partial charge in [-0.1, -0.05) is 11.6 Å². The number of nitro groups is 2. The Morgan fingerprint density at radius 1 is 1.23 bits per heavy atom. The topological polar surface area (TPSA) is 174 Å². The number of nitro benzene ring substituents is 1. The Morgan fingerprint density at radius 2 is 2.00 bits per heavy atom. The Labute approximate surface area is 174 Å². The van der Waals surface area contributed by atoms with Crippen LogP contribution in [0.4, 0.5) is 23.0 Å². The van der Waals surface area contributed by atoms with Crippen LogP contribution in [0.3, 0.4) is 0 Å². The first kappa shape index (κ1) is 21.1. The molecule has 1 aliphatic rings. The van der Waals surface area contributed by atoms with E-state index < -0.39 is 27.1 Å². The Morgan fingerprint density at radius 3 is 2.67 bits per heavy atom. The maximum atomic E-state index is 12.3.